The second-order valence-corrected chi connectivity index (χ2v) is 5.94. The lowest BCUT2D eigenvalue weighted by molar-refractivity contribution is 0.396. The molecule has 0 saturated heterocycles. The van der Waals surface area contributed by atoms with Gasteiger partial charge >= 0.3 is 0 Å². The number of guanidine groups is 1. The van der Waals surface area contributed by atoms with Crippen molar-refractivity contribution in [1.29, 1.82) is 0 Å². The number of nitrogens with one attached hydrogen (secondary N) is 2. The van der Waals surface area contributed by atoms with Crippen molar-refractivity contribution in [2.75, 3.05) is 13.7 Å². The molecule has 1 atom stereocenters. The van der Waals surface area contributed by atoms with Crippen molar-refractivity contribution in [3.05, 3.63) is 59.8 Å². The van der Waals surface area contributed by atoms with Gasteiger partial charge in [0, 0.05) is 18.7 Å². The van der Waals surface area contributed by atoms with Crippen LogP contribution in [0.3, 0.4) is 0 Å². The van der Waals surface area contributed by atoms with Crippen LogP contribution in [-0.4, -0.2) is 30.6 Å². The van der Waals surface area contributed by atoms with Gasteiger partial charge in [0.15, 0.2) is 5.96 Å². The fourth-order valence-electron chi connectivity index (χ4n) is 2.47. The van der Waals surface area contributed by atoms with E-state index in [0.29, 0.717) is 18.5 Å². The zero-order valence-electron chi connectivity index (χ0n) is 15.7. The first-order valence-corrected chi connectivity index (χ1v) is 8.80. The fourth-order valence-corrected chi connectivity index (χ4v) is 2.47. The van der Waals surface area contributed by atoms with Crippen molar-refractivity contribution in [3.8, 4) is 5.88 Å². The minimum Gasteiger partial charge on any atom is -0.481 e. The first-order valence-electron chi connectivity index (χ1n) is 8.80. The van der Waals surface area contributed by atoms with Crippen molar-refractivity contribution >= 4 is 29.9 Å². The Balaban J connectivity index is 0.00000338. The molecule has 0 fully saturated rings. The van der Waals surface area contributed by atoms with Gasteiger partial charge in [-0.3, -0.25) is 0 Å². The van der Waals surface area contributed by atoms with Crippen LogP contribution < -0.4 is 15.4 Å². The molecule has 2 aromatic rings. The normalized spacial score (nSPS) is 12.0. The third-order valence-corrected chi connectivity index (χ3v) is 3.83. The molecule has 2 N–H and O–H groups in total. The molecule has 2 rings (SSSR count). The number of nitrogens with zero attached hydrogens (tertiary/aromatic N) is 2. The summed E-state index contributed by atoms with van der Waals surface area (Å²) >= 11 is 0. The van der Waals surface area contributed by atoms with Crippen LogP contribution in [0.5, 0.6) is 5.88 Å². The minimum atomic E-state index is 0. The molecule has 1 heterocycles. The van der Waals surface area contributed by atoms with E-state index in [1.165, 1.54) is 5.56 Å². The average molecular weight is 468 g/mol. The summed E-state index contributed by atoms with van der Waals surface area (Å²) in [7, 11) is 1.62. The maximum Gasteiger partial charge on any atom is 0.213 e. The van der Waals surface area contributed by atoms with Gasteiger partial charge in [0.2, 0.25) is 5.88 Å². The standard InChI is InChI=1S/C20H28N4O.HI/c1-4-21-20(22-15-18-11-8-12-19(24-18)25-3)23-16(2)13-14-17-9-6-5-7-10-17;/h5-12,16H,4,13-15H2,1-3H3,(H2,21,22,23);1H. The summed E-state index contributed by atoms with van der Waals surface area (Å²) < 4.78 is 5.16. The number of rotatable bonds is 8. The predicted octanol–water partition coefficient (Wildman–Crippen LogP) is 3.78. The Morgan fingerprint density at radius 3 is 2.62 bits per heavy atom. The Morgan fingerprint density at radius 2 is 1.92 bits per heavy atom. The van der Waals surface area contributed by atoms with E-state index in [-0.39, 0.29) is 24.0 Å². The Bertz CT molecular complexity index is 664. The number of methoxy groups -OCH3 is 1. The van der Waals surface area contributed by atoms with Crippen LogP contribution in [0.25, 0.3) is 0 Å². The monoisotopic (exact) mass is 468 g/mol. The number of aryl methyl sites for hydroxylation is 1. The van der Waals surface area contributed by atoms with Crippen molar-refractivity contribution in [3.63, 3.8) is 0 Å². The van der Waals surface area contributed by atoms with E-state index < -0.39 is 0 Å². The SMILES string of the molecule is CCNC(=NCc1cccc(OC)n1)NC(C)CCc1ccccc1.I. The largest absolute Gasteiger partial charge is 0.481 e. The Hall–Kier alpha value is -1.83. The smallest absolute Gasteiger partial charge is 0.213 e. The summed E-state index contributed by atoms with van der Waals surface area (Å²) in [6.45, 7) is 5.58. The molecule has 0 aliphatic rings. The number of benzene rings is 1. The molecule has 0 aliphatic heterocycles. The Labute approximate surface area is 173 Å². The number of hydrogen-bond donors (Lipinski definition) is 2. The molecule has 0 radical (unpaired) electrons. The van der Waals surface area contributed by atoms with Gasteiger partial charge in [-0.05, 0) is 38.3 Å². The number of aromatic nitrogens is 1. The molecule has 1 unspecified atom stereocenters. The van der Waals surface area contributed by atoms with E-state index in [0.717, 1.165) is 31.0 Å². The summed E-state index contributed by atoms with van der Waals surface area (Å²) in [5.41, 5.74) is 2.24. The summed E-state index contributed by atoms with van der Waals surface area (Å²) in [6.07, 6.45) is 2.09. The van der Waals surface area contributed by atoms with E-state index in [9.17, 15) is 0 Å². The van der Waals surface area contributed by atoms with Crippen LogP contribution in [0.2, 0.25) is 0 Å². The van der Waals surface area contributed by atoms with Crippen molar-refractivity contribution in [2.24, 2.45) is 4.99 Å². The van der Waals surface area contributed by atoms with E-state index in [1.807, 2.05) is 24.3 Å². The summed E-state index contributed by atoms with van der Waals surface area (Å²) in [5, 5.41) is 6.76. The predicted molar refractivity (Wildman–Crippen MR) is 118 cm³/mol. The maximum atomic E-state index is 5.16. The topological polar surface area (TPSA) is 58.5 Å². The molecule has 142 valence electrons. The Kier molecular flexibility index (Phi) is 10.7. The second kappa shape index (κ2) is 12.5. The van der Waals surface area contributed by atoms with Crippen molar-refractivity contribution in [2.45, 2.75) is 39.3 Å². The summed E-state index contributed by atoms with van der Waals surface area (Å²) in [5.74, 6) is 1.43. The average Bonchev–Trinajstić information content (AvgIpc) is 2.65. The molecule has 0 amide bonds. The third-order valence-electron chi connectivity index (χ3n) is 3.83. The molecule has 0 bridgehead atoms. The van der Waals surface area contributed by atoms with Gasteiger partial charge in [0.1, 0.15) is 0 Å². The molecular formula is C20H29IN4O. The van der Waals surface area contributed by atoms with Crippen molar-refractivity contribution < 1.29 is 4.74 Å². The van der Waals surface area contributed by atoms with Gasteiger partial charge in [-0.1, -0.05) is 36.4 Å². The molecule has 5 nitrogen and oxygen atoms in total. The van der Waals surface area contributed by atoms with Crippen LogP contribution in [0, 0.1) is 0 Å². The highest BCUT2D eigenvalue weighted by Crippen LogP contribution is 2.08. The van der Waals surface area contributed by atoms with E-state index in [4.69, 9.17) is 4.74 Å². The van der Waals surface area contributed by atoms with Crippen LogP contribution >= 0.6 is 24.0 Å². The summed E-state index contributed by atoms with van der Waals surface area (Å²) in [4.78, 5) is 9.02. The molecule has 1 aromatic carbocycles. The molecular weight excluding hydrogens is 439 g/mol. The van der Waals surface area contributed by atoms with E-state index in [2.05, 4.69) is 58.7 Å². The Morgan fingerprint density at radius 1 is 1.15 bits per heavy atom. The lowest BCUT2D eigenvalue weighted by Gasteiger charge is -2.18. The molecule has 0 aliphatic carbocycles. The van der Waals surface area contributed by atoms with Gasteiger partial charge in [0.25, 0.3) is 0 Å². The van der Waals surface area contributed by atoms with Gasteiger partial charge in [-0.2, -0.15) is 0 Å². The fraction of sp³-hybridized carbons (Fsp3) is 0.400. The molecule has 26 heavy (non-hydrogen) atoms. The molecule has 6 heteroatoms. The van der Waals surface area contributed by atoms with E-state index >= 15 is 0 Å². The number of hydrogen-bond acceptors (Lipinski definition) is 3. The lowest BCUT2D eigenvalue weighted by atomic mass is 10.1. The summed E-state index contributed by atoms with van der Waals surface area (Å²) in [6, 6.07) is 16.6. The second-order valence-electron chi connectivity index (χ2n) is 5.94. The van der Waals surface area contributed by atoms with Crippen LogP contribution in [-0.2, 0) is 13.0 Å². The van der Waals surface area contributed by atoms with Gasteiger partial charge in [0.05, 0.1) is 19.3 Å². The quantitative estimate of drug-likeness (QED) is 0.352. The van der Waals surface area contributed by atoms with Crippen LogP contribution in [0.1, 0.15) is 31.5 Å². The molecule has 0 saturated carbocycles. The zero-order chi connectivity index (χ0) is 17.9. The van der Waals surface area contributed by atoms with E-state index in [1.54, 1.807) is 7.11 Å². The highest BCUT2D eigenvalue weighted by atomic mass is 127. The third kappa shape index (κ3) is 8.03. The van der Waals surface area contributed by atoms with Crippen LogP contribution in [0.15, 0.2) is 53.5 Å². The number of ether oxygens (including phenoxy) is 1. The minimum absolute atomic E-state index is 0. The highest BCUT2D eigenvalue weighted by molar-refractivity contribution is 14.0. The number of aliphatic imine (C=N–C) groups is 1. The van der Waals surface area contributed by atoms with Gasteiger partial charge < -0.3 is 15.4 Å². The highest BCUT2D eigenvalue weighted by Gasteiger charge is 2.06. The van der Waals surface area contributed by atoms with Gasteiger partial charge in [-0.15, -0.1) is 24.0 Å². The zero-order valence-corrected chi connectivity index (χ0v) is 18.1. The first-order chi connectivity index (χ1) is 12.2. The first kappa shape index (κ1) is 22.2. The van der Waals surface area contributed by atoms with Crippen LogP contribution in [0.4, 0.5) is 0 Å². The molecule has 0 spiro atoms. The molecule has 1 aromatic heterocycles. The lowest BCUT2D eigenvalue weighted by Crippen LogP contribution is -2.42. The van der Waals surface area contributed by atoms with Crippen molar-refractivity contribution in [1.82, 2.24) is 15.6 Å². The number of pyridine rings is 1. The number of halogens is 1. The van der Waals surface area contributed by atoms with Gasteiger partial charge in [-0.25, -0.2) is 9.98 Å². The maximum absolute atomic E-state index is 5.16.